The number of benzene rings is 2. The molecule has 3 rings (SSSR count). The van der Waals surface area contributed by atoms with Crippen LogP contribution in [-0.2, 0) is 11.3 Å². The number of rotatable bonds is 6. The van der Waals surface area contributed by atoms with Crippen LogP contribution in [0.2, 0.25) is 0 Å². The number of carbonyl (C=O) groups is 2. The maximum absolute atomic E-state index is 13.9. The standard InChI is InChI=1S/C20H17F2NO3/c1-2-23-11-16(13-5-3-4-6-18(13)23)15(20(25)26)10-19(24)14-8-7-12(21)9-17(14)22/h3-9,11,15H,2,10H2,1H3,(H,25,26). The molecule has 0 aliphatic carbocycles. The predicted octanol–water partition coefficient (Wildman–Crippen LogP) is 4.38. The van der Waals surface area contributed by atoms with E-state index in [1.165, 1.54) is 0 Å². The van der Waals surface area contributed by atoms with Gasteiger partial charge in [0.2, 0.25) is 0 Å². The number of para-hydroxylation sites is 1. The van der Waals surface area contributed by atoms with E-state index < -0.39 is 35.7 Å². The smallest absolute Gasteiger partial charge is 0.311 e. The molecule has 3 aromatic rings. The zero-order chi connectivity index (χ0) is 18.8. The maximum Gasteiger partial charge on any atom is 0.311 e. The van der Waals surface area contributed by atoms with Gasteiger partial charge in [0.15, 0.2) is 5.78 Å². The molecule has 0 aliphatic rings. The molecular formula is C20H17F2NO3. The summed E-state index contributed by atoms with van der Waals surface area (Å²) in [5.41, 5.74) is 1.07. The van der Waals surface area contributed by atoms with Crippen molar-refractivity contribution in [3.63, 3.8) is 0 Å². The topological polar surface area (TPSA) is 59.3 Å². The van der Waals surface area contributed by atoms with Crippen LogP contribution in [0.25, 0.3) is 10.9 Å². The number of fused-ring (bicyclic) bond motifs is 1. The normalized spacial score (nSPS) is 12.3. The number of hydrogen-bond acceptors (Lipinski definition) is 2. The molecule has 0 aliphatic heterocycles. The molecule has 0 radical (unpaired) electrons. The quantitative estimate of drug-likeness (QED) is 0.666. The highest BCUT2D eigenvalue weighted by molar-refractivity contribution is 6.00. The number of carbonyl (C=O) groups excluding carboxylic acids is 1. The first-order chi connectivity index (χ1) is 12.4. The molecule has 6 heteroatoms. The number of halogens is 2. The van der Waals surface area contributed by atoms with E-state index in [1.54, 1.807) is 18.3 Å². The van der Waals surface area contributed by atoms with Crippen molar-refractivity contribution >= 4 is 22.7 Å². The molecule has 0 fully saturated rings. The van der Waals surface area contributed by atoms with E-state index >= 15 is 0 Å². The Hall–Kier alpha value is -3.02. The average molecular weight is 357 g/mol. The van der Waals surface area contributed by atoms with E-state index in [0.29, 0.717) is 18.2 Å². The molecule has 1 N–H and O–H groups in total. The van der Waals surface area contributed by atoms with Crippen molar-refractivity contribution in [2.24, 2.45) is 0 Å². The van der Waals surface area contributed by atoms with Crippen LogP contribution < -0.4 is 0 Å². The molecule has 1 aromatic heterocycles. The van der Waals surface area contributed by atoms with Crippen molar-refractivity contribution in [3.8, 4) is 0 Å². The molecule has 0 spiro atoms. The first-order valence-corrected chi connectivity index (χ1v) is 8.21. The largest absolute Gasteiger partial charge is 0.481 e. The fourth-order valence-corrected chi connectivity index (χ4v) is 3.16. The minimum absolute atomic E-state index is 0.308. The number of ketones is 1. The first kappa shape index (κ1) is 17.8. The molecule has 1 atom stereocenters. The summed E-state index contributed by atoms with van der Waals surface area (Å²) in [5, 5.41) is 10.4. The van der Waals surface area contributed by atoms with Gasteiger partial charge in [0.25, 0.3) is 0 Å². The van der Waals surface area contributed by atoms with Crippen molar-refractivity contribution in [2.45, 2.75) is 25.8 Å². The Morgan fingerprint density at radius 2 is 1.88 bits per heavy atom. The van der Waals surface area contributed by atoms with E-state index in [1.807, 2.05) is 23.6 Å². The summed E-state index contributed by atoms with van der Waals surface area (Å²) in [6.07, 6.45) is 1.31. The highest BCUT2D eigenvalue weighted by atomic mass is 19.1. The molecule has 134 valence electrons. The van der Waals surface area contributed by atoms with Gasteiger partial charge in [-0.1, -0.05) is 18.2 Å². The van der Waals surface area contributed by atoms with Gasteiger partial charge in [0.05, 0.1) is 11.5 Å². The molecule has 1 heterocycles. The van der Waals surface area contributed by atoms with Crippen LogP contribution in [0.3, 0.4) is 0 Å². The molecule has 0 bridgehead atoms. The van der Waals surface area contributed by atoms with E-state index in [2.05, 4.69) is 0 Å². The molecule has 0 saturated carbocycles. The maximum atomic E-state index is 13.9. The van der Waals surface area contributed by atoms with Gasteiger partial charge in [0, 0.05) is 36.1 Å². The van der Waals surface area contributed by atoms with Gasteiger partial charge < -0.3 is 9.67 Å². The highest BCUT2D eigenvalue weighted by Gasteiger charge is 2.28. The minimum Gasteiger partial charge on any atom is -0.481 e. The van der Waals surface area contributed by atoms with Gasteiger partial charge in [0.1, 0.15) is 11.6 Å². The van der Waals surface area contributed by atoms with Crippen LogP contribution in [0.15, 0.2) is 48.7 Å². The van der Waals surface area contributed by atoms with Gasteiger partial charge in [-0.3, -0.25) is 9.59 Å². The number of nitrogens with zero attached hydrogens (tertiary/aromatic N) is 1. The van der Waals surface area contributed by atoms with E-state index in [9.17, 15) is 23.5 Å². The SMILES string of the molecule is CCn1cc(C(CC(=O)c2ccc(F)cc2F)C(=O)O)c2ccccc21. The molecule has 0 amide bonds. The fourth-order valence-electron chi connectivity index (χ4n) is 3.16. The highest BCUT2D eigenvalue weighted by Crippen LogP contribution is 2.31. The van der Waals surface area contributed by atoms with Crippen molar-refractivity contribution in [1.82, 2.24) is 4.57 Å². The summed E-state index contributed by atoms with van der Waals surface area (Å²) in [5.74, 6) is -4.75. The molecule has 1 unspecified atom stereocenters. The third-order valence-corrected chi connectivity index (χ3v) is 4.45. The second-order valence-electron chi connectivity index (χ2n) is 6.03. The van der Waals surface area contributed by atoms with Crippen molar-refractivity contribution in [1.29, 1.82) is 0 Å². The lowest BCUT2D eigenvalue weighted by Crippen LogP contribution is -2.17. The van der Waals surface area contributed by atoms with Crippen molar-refractivity contribution in [2.75, 3.05) is 0 Å². The zero-order valence-electron chi connectivity index (χ0n) is 14.1. The molecular weight excluding hydrogens is 340 g/mol. The second kappa shape index (κ2) is 7.07. The fraction of sp³-hybridized carbons (Fsp3) is 0.200. The monoisotopic (exact) mass is 357 g/mol. The lowest BCUT2D eigenvalue weighted by atomic mass is 9.91. The summed E-state index contributed by atoms with van der Waals surface area (Å²) in [4.78, 5) is 24.3. The number of aliphatic carboxylic acids is 1. The van der Waals surface area contributed by atoms with Crippen LogP contribution in [0.4, 0.5) is 8.78 Å². The number of aryl methyl sites for hydroxylation is 1. The average Bonchev–Trinajstić information content (AvgIpc) is 2.97. The number of aromatic nitrogens is 1. The van der Waals surface area contributed by atoms with Crippen molar-refractivity contribution < 1.29 is 23.5 Å². The third kappa shape index (κ3) is 3.22. The molecule has 26 heavy (non-hydrogen) atoms. The Kier molecular flexibility index (Phi) is 4.84. The van der Waals surface area contributed by atoms with Crippen LogP contribution >= 0.6 is 0 Å². The van der Waals surface area contributed by atoms with Gasteiger partial charge in [-0.05, 0) is 30.7 Å². The van der Waals surface area contributed by atoms with Crippen LogP contribution in [-0.4, -0.2) is 21.4 Å². The Balaban J connectivity index is 2.01. The van der Waals surface area contributed by atoms with Gasteiger partial charge in [-0.15, -0.1) is 0 Å². The van der Waals surface area contributed by atoms with Gasteiger partial charge in [-0.25, -0.2) is 8.78 Å². The first-order valence-electron chi connectivity index (χ1n) is 8.21. The molecule has 4 nitrogen and oxygen atoms in total. The molecule has 2 aromatic carbocycles. The van der Waals surface area contributed by atoms with Gasteiger partial charge in [-0.2, -0.15) is 0 Å². The van der Waals surface area contributed by atoms with Crippen molar-refractivity contribution in [3.05, 3.63) is 71.4 Å². The zero-order valence-corrected chi connectivity index (χ0v) is 14.1. The van der Waals surface area contributed by atoms with Crippen LogP contribution in [0, 0.1) is 11.6 Å². The Morgan fingerprint density at radius 1 is 1.15 bits per heavy atom. The number of carboxylic acids is 1. The lowest BCUT2D eigenvalue weighted by molar-refractivity contribution is -0.138. The van der Waals surface area contributed by atoms with E-state index in [4.69, 9.17) is 0 Å². The summed E-state index contributed by atoms with van der Waals surface area (Å²) in [7, 11) is 0. The lowest BCUT2D eigenvalue weighted by Gasteiger charge is -2.11. The summed E-state index contributed by atoms with van der Waals surface area (Å²) in [6, 6.07) is 9.97. The minimum atomic E-state index is -1.17. The molecule has 0 saturated heterocycles. The predicted molar refractivity (Wildman–Crippen MR) is 93.3 cm³/mol. The number of carboxylic acid groups (broad SMARTS) is 1. The van der Waals surface area contributed by atoms with E-state index in [0.717, 1.165) is 23.0 Å². The third-order valence-electron chi connectivity index (χ3n) is 4.45. The Labute approximate surface area is 148 Å². The van der Waals surface area contributed by atoms with Crippen LogP contribution in [0.5, 0.6) is 0 Å². The Bertz CT molecular complexity index is 994. The Morgan fingerprint density at radius 3 is 2.54 bits per heavy atom. The van der Waals surface area contributed by atoms with E-state index in [-0.39, 0.29) is 5.56 Å². The second-order valence-corrected chi connectivity index (χ2v) is 6.03. The number of Topliss-reactive ketones (excluding diaryl/α,β-unsaturated/α-hetero) is 1. The van der Waals surface area contributed by atoms with Crippen LogP contribution in [0.1, 0.15) is 35.2 Å². The number of hydrogen-bond donors (Lipinski definition) is 1. The summed E-state index contributed by atoms with van der Waals surface area (Å²) in [6.45, 7) is 2.58. The summed E-state index contributed by atoms with van der Waals surface area (Å²) >= 11 is 0. The van der Waals surface area contributed by atoms with Gasteiger partial charge >= 0.3 is 5.97 Å². The summed E-state index contributed by atoms with van der Waals surface area (Å²) < 4.78 is 28.8.